The second kappa shape index (κ2) is 9.75. The molecule has 164 valence electrons. The molecule has 31 heavy (non-hydrogen) atoms. The Morgan fingerprint density at radius 3 is 2.32 bits per heavy atom. The molecule has 2 atom stereocenters. The molecule has 0 bridgehead atoms. The Morgan fingerprint density at radius 2 is 1.71 bits per heavy atom. The minimum atomic E-state index is -1.37. The lowest BCUT2D eigenvalue weighted by Gasteiger charge is -2.10. The molecule has 1 aliphatic carbocycles. The fourth-order valence-electron chi connectivity index (χ4n) is 3.04. The van der Waals surface area contributed by atoms with Crippen molar-refractivity contribution in [1.82, 2.24) is 5.48 Å². The summed E-state index contributed by atoms with van der Waals surface area (Å²) < 4.78 is -1.37. The Labute approximate surface area is 208 Å². The zero-order chi connectivity index (χ0) is 22.9. The zero-order valence-electron chi connectivity index (χ0n) is 15.5. The number of hydroxylamine groups is 1. The first kappa shape index (κ1) is 24.5. The minimum Gasteiger partial charge on any atom is -0.326 e. The van der Waals surface area contributed by atoms with E-state index in [1.54, 1.807) is 18.2 Å². The van der Waals surface area contributed by atoms with Gasteiger partial charge in [0.15, 0.2) is 0 Å². The van der Waals surface area contributed by atoms with Gasteiger partial charge in [-0.15, -0.1) is 29.8 Å². The second-order valence-electron chi connectivity index (χ2n) is 6.64. The Kier molecular flexibility index (Phi) is 7.70. The molecule has 1 fully saturated rings. The smallest absolute Gasteiger partial charge is 0.276 e. The third kappa shape index (κ3) is 5.25. The van der Waals surface area contributed by atoms with E-state index in [2.05, 4.69) is 17.4 Å². The Balaban J connectivity index is 1.76. The highest BCUT2D eigenvalue weighted by Crippen LogP contribution is 2.65. The number of carbonyl (C=O) groups excluding carboxylic acids is 2. The molecule has 2 N–H and O–H groups in total. The van der Waals surface area contributed by atoms with E-state index in [1.165, 1.54) is 18.2 Å². The average molecular weight is 543 g/mol. The fraction of sp³-hybridized carbons (Fsp3) is 0.200. The molecule has 0 heterocycles. The number of hydrogen-bond acceptors (Lipinski definition) is 3. The Hall–Kier alpha value is -1.18. The van der Waals surface area contributed by atoms with Crippen LogP contribution in [0.2, 0.25) is 20.1 Å². The van der Waals surface area contributed by atoms with Crippen molar-refractivity contribution in [2.45, 2.75) is 10.3 Å². The molecular formula is C20H14Cl6N2O3. The average Bonchev–Trinajstić information content (AvgIpc) is 3.29. The van der Waals surface area contributed by atoms with Crippen molar-refractivity contribution < 1.29 is 14.4 Å². The van der Waals surface area contributed by atoms with Crippen LogP contribution in [0.4, 0.5) is 5.69 Å². The van der Waals surface area contributed by atoms with Gasteiger partial charge in [-0.3, -0.25) is 14.4 Å². The number of benzene rings is 2. The maximum absolute atomic E-state index is 12.8. The van der Waals surface area contributed by atoms with E-state index in [0.717, 1.165) is 0 Å². The number of hydrogen-bond donors (Lipinski definition) is 2. The number of anilines is 1. The van der Waals surface area contributed by atoms with Crippen molar-refractivity contribution in [3.05, 3.63) is 74.2 Å². The number of amides is 2. The maximum atomic E-state index is 12.8. The Morgan fingerprint density at radius 1 is 1.06 bits per heavy atom. The largest absolute Gasteiger partial charge is 0.326 e. The summed E-state index contributed by atoms with van der Waals surface area (Å²) in [6, 6.07) is 7.56. The highest BCUT2D eigenvalue weighted by molar-refractivity contribution is 6.54. The van der Waals surface area contributed by atoms with E-state index in [9.17, 15) is 9.59 Å². The lowest BCUT2D eigenvalue weighted by Crippen LogP contribution is -2.24. The number of rotatable bonds is 7. The molecule has 2 aromatic carbocycles. The molecule has 1 saturated carbocycles. The van der Waals surface area contributed by atoms with Crippen LogP contribution in [-0.2, 0) is 9.63 Å². The van der Waals surface area contributed by atoms with Crippen molar-refractivity contribution in [2.75, 3.05) is 11.9 Å². The molecule has 0 aromatic heterocycles. The van der Waals surface area contributed by atoms with Gasteiger partial charge in [-0.1, -0.05) is 52.5 Å². The number of nitrogens with one attached hydrogen (secondary N) is 2. The molecule has 3 rings (SSSR count). The van der Waals surface area contributed by atoms with E-state index in [1.807, 2.05) is 0 Å². The van der Waals surface area contributed by atoms with Crippen molar-refractivity contribution in [3.8, 4) is 0 Å². The summed E-state index contributed by atoms with van der Waals surface area (Å²) in [7, 11) is 0. The van der Waals surface area contributed by atoms with Crippen LogP contribution >= 0.6 is 69.6 Å². The SMILES string of the molecule is C=CCONC(=O)c1cc(NC(=O)[C@@H]2[C@@H](c3cc(Cl)c(Cl)c(Cl)c3)C2(Cl)Cl)ccc1Cl. The van der Waals surface area contributed by atoms with Crippen LogP contribution in [0.5, 0.6) is 0 Å². The van der Waals surface area contributed by atoms with Crippen molar-refractivity contribution >= 4 is 87.1 Å². The minimum absolute atomic E-state index is 0.107. The van der Waals surface area contributed by atoms with Crippen molar-refractivity contribution in [1.29, 1.82) is 0 Å². The van der Waals surface area contributed by atoms with Crippen molar-refractivity contribution in [3.63, 3.8) is 0 Å². The summed E-state index contributed by atoms with van der Waals surface area (Å²) >= 11 is 37.0. The van der Waals surface area contributed by atoms with Gasteiger partial charge < -0.3 is 5.32 Å². The third-order valence-electron chi connectivity index (χ3n) is 4.55. The van der Waals surface area contributed by atoms with Crippen LogP contribution in [0, 0.1) is 5.92 Å². The van der Waals surface area contributed by atoms with Gasteiger partial charge in [-0.05, 0) is 35.9 Å². The number of halogens is 6. The highest BCUT2D eigenvalue weighted by atomic mass is 35.5. The number of alkyl halides is 2. The summed E-state index contributed by atoms with van der Waals surface area (Å²) in [5.41, 5.74) is 3.24. The molecule has 5 nitrogen and oxygen atoms in total. The van der Waals surface area contributed by atoms with Gasteiger partial charge in [0.1, 0.15) is 4.33 Å². The van der Waals surface area contributed by atoms with E-state index in [0.29, 0.717) is 11.3 Å². The van der Waals surface area contributed by atoms with Crippen LogP contribution in [-0.4, -0.2) is 22.8 Å². The maximum Gasteiger partial charge on any atom is 0.276 e. The third-order valence-corrected chi connectivity index (χ3v) is 7.01. The predicted molar refractivity (Wildman–Crippen MR) is 126 cm³/mol. The van der Waals surface area contributed by atoms with Gasteiger partial charge in [-0.2, -0.15) is 0 Å². The van der Waals surface area contributed by atoms with Gasteiger partial charge >= 0.3 is 0 Å². The highest BCUT2D eigenvalue weighted by Gasteiger charge is 2.67. The van der Waals surface area contributed by atoms with Crippen molar-refractivity contribution in [2.24, 2.45) is 5.92 Å². The van der Waals surface area contributed by atoms with E-state index in [4.69, 9.17) is 74.4 Å². The Bertz CT molecular complexity index is 1040. The van der Waals surface area contributed by atoms with Crippen LogP contribution in [0.1, 0.15) is 21.8 Å². The molecule has 0 saturated heterocycles. The normalized spacial score (nSPS) is 18.9. The topological polar surface area (TPSA) is 67.4 Å². The predicted octanol–water partition coefficient (Wildman–Crippen LogP) is 6.67. The lowest BCUT2D eigenvalue weighted by molar-refractivity contribution is -0.117. The monoisotopic (exact) mass is 540 g/mol. The molecule has 11 heteroatoms. The van der Waals surface area contributed by atoms with E-state index < -0.39 is 28.0 Å². The molecule has 0 spiro atoms. The number of carbonyl (C=O) groups is 2. The van der Waals surface area contributed by atoms with Crippen LogP contribution in [0.15, 0.2) is 43.0 Å². The van der Waals surface area contributed by atoms with E-state index >= 15 is 0 Å². The molecule has 1 aliphatic rings. The quantitative estimate of drug-likeness (QED) is 0.135. The van der Waals surface area contributed by atoms with Gasteiger partial charge in [0.25, 0.3) is 5.91 Å². The van der Waals surface area contributed by atoms with Gasteiger partial charge in [0, 0.05) is 11.6 Å². The summed E-state index contributed by atoms with van der Waals surface area (Å²) in [6.45, 7) is 3.60. The first-order chi connectivity index (χ1) is 14.6. The van der Waals surface area contributed by atoms with E-state index in [-0.39, 0.29) is 32.3 Å². The fourth-order valence-corrected chi connectivity index (χ4v) is 4.69. The summed E-state index contributed by atoms with van der Waals surface area (Å²) in [5, 5.41) is 3.53. The standard InChI is InChI=1S/C20H14Cl6N2O3/c1-2-5-31-28-18(29)11-8-10(3-4-12(11)21)27-19(30)16-15(20(16,25)26)9-6-13(22)17(24)14(23)7-9/h2-4,6-8,15-16H,1,5H2,(H,27,30)(H,28,29)/t15-,16+/m1/s1. The summed E-state index contributed by atoms with van der Waals surface area (Å²) in [4.78, 5) is 30.0. The molecule has 2 aromatic rings. The first-order valence-electron chi connectivity index (χ1n) is 8.73. The molecular weight excluding hydrogens is 529 g/mol. The molecule has 0 radical (unpaired) electrons. The van der Waals surface area contributed by atoms with Gasteiger partial charge in [-0.25, -0.2) is 5.48 Å². The van der Waals surface area contributed by atoms with Crippen LogP contribution < -0.4 is 10.8 Å². The molecule has 2 amide bonds. The molecule has 0 unspecified atom stereocenters. The summed E-state index contributed by atoms with van der Waals surface area (Å²) in [5.74, 6) is -2.37. The van der Waals surface area contributed by atoms with Crippen LogP contribution in [0.25, 0.3) is 0 Å². The van der Waals surface area contributed by atoms with Gasteiger partial charge in [0.05, 0.1) is 38.2 Å². The first-order valence-corrected chi connectivity index (χ1v) is 11.0. The second-order valence-corrected chi connectivity index (χ2v) is 9.69. The lowest BCUT2D eigenvalue weighted by atomic mass is 10.1. The molecule has 0 aliphatic heterocycles. The summed E-state index contributed by atoms with van der Waals surface area (Å²) in [6.07, 6.45) is 1.47. The zero-order valence-corrected chi connectivity index (χ0v) is 20.1. The van der Waals surface area contributed by atoms with Gasteiger partial charge in [0.2, 0.25) is 5.91 Å². The van der Waals surface area contributed by atoms with Crippen LogP contribution in [0.3, 0.4) is 0 Å².